The van der Waals surface area contributed by atoms with Gasteiger partial charge < -0.3 is 10.3 Å². The second-order valence-corrected chi connectivity index (χ2v) is 5.85. The maximum absolute atomic E-state index is 11.9. The lowest BCUT2D eigenvalue weighted by Crippen LogP contribution is -2.31. The van der Waals surface area contributed by atoms with Gasteiger partial charge in [0.2, 0.25) is 0 Å². The molecule has 1 aliphatic heterocycles. The Labute approximate surface area is 145 Å². The van der Waals surface area contributed by atoms with Crippen molar-refractivity contribution in [3.63, 3.8) is 0 Å². The molecule has 4 rings (SSSR count). The van der Waals surface area contributed by atoms with Gasteiger partial charge in [0.25, 0.3) is 5.91 Å². The highest BCUT2D eigenvalue weighted by atomic mass is 16.1. The van der Waals surface area contributed by atoms with E-state index in [1.807, 2.05) is 48.5 Å². The molecule has 2 N–H and O–H groups in total. The van der Waals surface area contributed by atoms with Crippen molar-refractivity contribution in [1.29, 1.82) is 0 Å². The van der Waals surface area contributed by atoms with E-state index in [9.17, 15) is 4.79 Å². The van der Waals surface area contributed by atoms with Crippen LogP contribution in [0.25, 0.3) is 11.3 Å². The molecule has 1 aliphatic rings. The summed E-state index contributed by atoms with van der Waals surface area (Å²) in [5.41, 5.74) is 5.27. The molecular weight excluding hydrogens is 314 g/mol. The highest BCUT2D eigenvalue weighted by Crippen LogP contribution is 2.24. The lowest BCUT2D eigenvalue weighted by molar-refractivity contribution is 0.0946. The number of benzene rings is 1. The number of pyridine rings is 1. The van der Waals surface area contributed by atoms with Crippen LogP contribution >= 0.6 is 0 Å². The van der Waals surface area contributed by atoms with Crippen LogP contribution in [0.5, 0.6) is 0 Å². The number of H-pyrrole nitrogens is 1. The van der Waals surface area contributed by atoms with E-state index in [4.69, 9.17) is 0 Å². The number of aromatic nitrogens is 2. The summed E-state index contributed by atoms with van der Waals surface area (Å²) in [6, 6.07) is 15.4. The van der Waals surface area contributed by atoms with Crippen molar-refractivity contribution >= 4 is 11.6 Å². The summed E-state index contributed by atoms with van der Waals surface area (Å²) in [6.45, 7) is 1.08. The number of azo groups is 1. The van der Waals surface area contributed by atoms with E-state index in [1.165, 1.54) is 0 Å². The molecular formula is C19H17N5O. The molecule has 0 saturated carbocycles. The summed E-state index contributed by atoms with van der Waals surface area (Å²) in [7, 11) is 0. The van der Waals surface area contributed by atoms with Gasteiger partial charge in [0.15, 0.2) is 0 Å². The Morgan fingerprint density at radius 1 is 1.12 bits per heavy atom. The predicted octanol–water partition coefficient (Wildman–Crippen LogP) is 3.65. The molecule has 124 valence electrons. The van der Waals surface area contributed by atoms with Gasteiger partial charge in [-0.05, 0) is 30.3 Å². The summed E-state index contributed by atoms with van der Waals surface area (Å²) in [5.74, 6) is -0.0188. The number of nitrogens with one attached hydrogen (secondary N) is 2. The molecule has 3 aromatic rings. The summed E-state index contributed by atoms with van der Waals surface area (Å²) in [6.07, 6.45) is 2.58. The van der Waals surface area contributed by atoms with E-state index in [0.29, 0.717) is 13.1 Å². The average Bonchev–Trinajstić information content (AvgIpc) is 3.09. The predicted molar refractivity (Wildman–Crippen MR) is 94.7 cm³/mol. The minimum atomic E-state index is -0.0188. The van der Waals surface area contributed by atoms with Gasteiger partial charge in [0, 0.05) is 36.1 Å². The lowest BCUT2D eigenvalue weighted by atomic mass is 10.1. The molecule has 0 fully saturated rings. The largest absolute Gasteiger partial charge is 0.358 e. The van der Waals surface area contributed by atoms with Gasteiger partial charge in [-0.3, -0.25) is 9.78 Å². The Balaban J connectivity index is 1.54. The zero-order chi connectivity index (χ0) is 17.1. The molecule has 1 aromatic carbocycles. The highest BCUT2D eigenvalue weighted by molar-refractivity contribution is 5.97. The van der Waals surface area contributed by atoms with Gasteiger partial charge >= 0.3 is 0 Å². The van der Waals surface area contributed by atoms with Crippen molar-refractivity contribution < 1.29 is 4.79 Å². The Bertz CT molecular complexity index is 930. The molecule has 0 atom stereocenters. The first-order valence-electron chi connectivity index (χ1n) is 8.17. The summed E-state index contributed by atoms with van der Waals surface area (Å²) >= 11 is 0. The summed E-state index contributed by atoms with van der Waals surface area (Å²) in [5, 5.41) is 11.3. The van der Waals surface area contributed by atoms with Crippen molar-refractivity contribution in [2.24, 2.45) is 10.2 Å². The summed E-state index contributed by atoms with van der Waals surface area (Å²) in [4.78, 5) is 19.6. The second kappa shape index (κ2) is 6.68. The van der Waals surface area contributed by atoms with E-state index in [-0.39, 0.29) is 5.91 Å². The van der Waals surface area contributed by atoms with Crippen molar-refractivity contribution in [1.82, 2.24) is 15.3 Å². The van der Waals surface area contributed by atoms with Gasteiger partial charge in [0.1, 0.15) is 6.54 Å². The van der Waals surface area contributed by atoms with Crippen LogP contribution in [0.1, 0.15) is 21.7 Å². The number of nitrogens with zero attached hydrogens (tertiary/aromatic N) is 3. The Kier molecular flexibility index (Phi) is 4.08. The average molecular weight is 331 g/mol. The fourth-order valence-corrected chi connectivity index (χ4v) is 2.87. The number of amides is 1. The minimum Gasteiger partial charge on any atom is -0.358 e. The van der Waals surface area contributed by atoms with Crippen LogP contribution in [0.3, 0.4) is 0 Å². The highest BCUT2D eigenvalue weighted by Gasteiger charge is 2.19. The molecule has 0 radical (unpaired) electrons. The number of hydrogen-bond donors (Lipinski definition) is 2. The fraction of sp³-hybridized carbons (Fsp3) is 0.158. The molecule has 6 nitrogen and oxygen atoms in total. The quantitative estimate of drug-likeness (QED) is 0.715. The Morgan fingerprint density at radius 2 is 2.00 bits per heavy atom. The lowest BCUT2D eigenvalue weighted by Gasteiger charge is -2.10. The normalized spacial score (nSPS) is 13.7. The van der Waals surface area contributed by atoms with Crippen LogP contribution in [0.15, 0.2) is 65.0 Å². The molecule has 0 saturated heterocycles. The third-order valence-corrected chi connectivity index (χ3v) is 4.11. The number of carbonyl (C=O) groups excluding carboxylic acids is 1. The first kappa shape index (κ1) is 15.3. The van der Waals surface area contributed by atoms with Crippen LogP contribution in [0, 0.1) is 0 Å². The smallest absolute Gasteiger partial charge is 0.253 e. The van der Waals surface area contributed by atoms with Crippen LogP contribution in [-0.4, -0.2) is 22.4 Å². The van der Waals surface area contributed by atoms with Gasteiger partial charge in [-0.2, -0.15) is 10.2 Å². The number of carbonyl (C=O) groups is 1. The maximum Gasteiger partial charge on any atom is 0.253 e. The molecule has 25 heavy (non-hydrogen) atoms. The van der Waals surface area contributed by atoms with E-state index >= 15 is 0 Å². The van der Waals surface area contributed by atoms with E-state index in [2.05, 4.69) is 25.5 Å². The molecule has 0 spiro atoms. The fourth-order valence-electron chi connectivity index (χ4n) is 2.87. The second-order valence-electron chi connectivity index (χ2n) is 5.85. The summed E-state index contributed by atoms with van der Waals surface area (Å²) < 4.78 is 0. The number of hydrogen-bond acceptors (Lipinski definition) is 4. The van der Waals surface area contributed by atoms with E-state index < -0.39 is 0 Å². The van der Waals surface area contributed by atoms with E-state index in [0.717, 1.165) is 40.3 Å². The van der Waals surface area contributed by atoms with Crippen molar-refractivity contribution in [3.8, 4) is 11.3 Å². The third-order valence-electron chi connectivity index (χ3n) is 4.11. The van der Waals surface area contributed by atoms with Crippen LogP contribution in [-0.2, 0) is 13.0 Å². The van der Waals surface area contributed by atoms with Crippen molar-refractivity contribution in [2.75, 3.05) is 6.54 Å². The maximum atomic E-state index is 11.9. The molecule has 2 aromatic heterocycles. The van der Waals surface area contributed by atoms with Crippen molar-refractivity contribution in [2.45, 2.75) is 13.0 Å². The van der Waals surface area contributed by atoms with Crippen LogP contribution < -0.4 is 5.32 Å². The Morgan fingerprint density at radius 3 is 2.84 bits per heavy atom. The van der Waals surface area contributed by atoms with Gasteiger partial charge in [-0.15, -0.1) is 0 Å². The SMILES string of the molecule is O=C1NCCc2[nH]c(-c3ccnc(CN=Nc4ccccc4)c3)cc21. The number of rotatable bonds is 4. The number of fused-ring (bicyclic) bond motifs is 1. The Hall–Kier alpha value is -3.28. The topological polar surface area (TPSA) is 82.5 Å². The van der Waals surface area contributed by atoms with Gasteiger partial charge in [0.05, 0.1) is 16.9 Å². The molecule has 0 bridgehead atoms. The molecule has 6 heteroatoms. The zero-order valence-corrected chi connectivity index (χ0v) is 13.6. The molecule has 1 amide bonds. The standard InChI is InChI=1S/C19H17N5O/c25-19-16-11-18(23-17(16)7-9-21-19)13-6-8-20-15(10-13)12-22-24-14-4-2-1-3-5-14/h1-6,8,10-11,23H,7,9,12H2,(H,21,25). The first-order chi connectivity index (χ1) is 12.3. The molecule has 3 heterocycles. The molecule has 0 aliphatic carbocycles. The van der Waals surface area contributed by atoms with E-state index in [1.54, 1.807) is 6.20 Å². The van der Waals surface area contributed by atoms with Crippen LogP contribution in [0.2, 0.25) is 0 Å². The van der Waals surface area contributed by atoms with Crippen molar-refractivity contribution in [3.05, 3.63) is 71.7 Å². The zero-order valence-electron chi connectivity index (χ0n) is 13.6. The monoisotopic (exact) mass is 331 g/mol. The van der Waals surface area contributed by atoms with Gasteiger partial charge in [-0.25, -0.2) is 0 Å². The first-order valence-corrected chi connectivity index (χ1v) is 8.17. The minimum absolute atomic E-state index is 0.0188. The molecule has 0 unspecified atom stereocenters. The van der Waals surface area contributed by atoms with Gasteiger partial charge in [-0.1, -0.05) is 18.2 Å². The number of aromatic amines is 1. The third kappa shape index (κ3) is 3.33. The van der Waals surface area contributed by atoms with Crippen LogP contribution in [0.4, 0.5) is 5.69 Å².